The molecule has 0 radical (unpaired) electrons. The predicted octanol–water partition coefficient (Wildman–Crippen LogP) is 1.70. The molecule has 0 aliphatic carbocycles. The van der Waals surface area contributed by atoms with Crippen molar-refractivity contribution >= 4 is 5.96 Å². The number of nitrogens with one attached hydrogen (secondary N) is 2. The number of aliphatic imine (C=N–C) groups is 1. The number of nitrogens with zero attached hydrogens (tertiary/aromatic N) is 2. The van der Waals surface area contributed by atoms with Gasteiger partial charge in [0.05, 0.1) is 12.6 Å². The second-order valence-electron chi connectivity index (χ2n) is 6.97. The van der Waals surface area contributed by atoms with Crippen LogP contribution < -0.4 is 10.6 Å². The lowest BCUT2D eigenvalue weighted by molar-refractivity contribution is 0.0241. The average Bonchev–Trinajstić information content (AvgIpc) is 2.80. The van der Waals surface area contributed by atoms with E-state index in [4.69, 9.17) is 4.74 Å². The third-order valence-electron chi connectivity index (χ3n) is 4.19. The summed E-state index contributed by atoms with van der Waals surface area (Å²) in [4.78, 5) is 7.11. The first-order valence-corrected chi connectivity index (χ1v) is 8.13. The molecule has 0 amide bonds. The number of hydrogen-bond donors (Lipinski definition) is 2. The minimum atomic E-state index is 0.0985. The van der Waals surface area contributed by atoms with Crippen molar-refractivity contribution in [2.24, 2.45) is 10.4 Å². The highest BCUT2D eigenvalue weighted by atomic mass is 16.5. The summed E-state index contributed by atoms with van der Waals surface area (Å²) in [7, 11) is 3.96. The Morgan fingerprint density at radius 1 is 1.38 bits per heavy atom. The molecule has 1 aliphatic heterocycles. The smallest absolute Gasteiger partial charge is 0.191 e. The molecule has 1 fully saturated rings. The number of guanidine groups is 1. The van der Waals surface area contributed by atoms with Gasteiger partial charge >= 0.3 is 0 Å². The summed E-state index contributed by atoms with van der Waals surface area (Å²) in [5, 5.41) is 6.78. The topological polar surface area (TPSA) is 48.9 Å². The van der Waals surface area contributed by atoms with Gasteiger partial charge in [0.1, 0.15) is 0 Å². The second-order valence-corrected chi connectivity index (χ2v) is 6.97. The zero-order valence-corrected chi connectivity index (χ0v) is 14.7. The maximum Gasteiger partial charge on any atom is 0.191 e. The van der Waals surface area contributed by atoms with Crippen molar-refractivity contribution in [1.82, 2.24) is 15.5 Å². The zero-order valence-electron chi connectivity index (χ0n) is 14.7. The molecule has 1 aliphatic rings. The van der Waals surface area contributed by atoms with Gasteiger partial charge in [-0.2, -0.15) is 0 Å². The molecule has 2 unspecified atom stereocenters. The fourth-order valence-corrected chi connectivity index (χ4v) is 2.67. The summed E-state index contributed by atoms with van der Waals surface area (Å²) < 4.78 is 5.57. The predicted molar refractivity (Wildman–Crippen MR) is 89.9 cm³/mol. The Morgan fingerprint density at radius 2 is 2.10 bits per heavy atom. The maximum absolute atomic E-state index is 5.57. The van der Waals surface area contributed by atoms with Crippen LogP contribution in [0.4, 0.5) is 0 Å². The minimum absolute atomic E-state index is 0.0985. The first-order valence-electron chi connectivity index (χ1n) is 8.13. The average molecular weight is 298 g/mol. The summed E-state index contributed by atoms with van der Waals surface area (Å²) >= 11 is 0. The van der Waals surface area contributed by atoms with Gasteiger partial charge in [-0.3, -0.25) is 4.99 Å². The van der Waals surface area contributed by atoms with Crippen molar-refractivity contribution in [2.45, 2.75) is 52.7 Å². The Balaban J connectivity index is 2.52. The lowest BCUT2D eigenvalue weighted by atomic mass is 9.89. The molecule has 0 spiro atoms. The molecule has 1 saturated heterocycles. The first kappa shape index (κ1) is 18.2. The van der Waals surface area contributed by atoms with E-state index in [2.05, 4.69) is 55.3 Å². The molecule has 5 heteroatoms. The highest BCUT2D eigenvalue weighted by Crippen LogP contribution is 2.21. The van der Waals surface area contributed by atoms with Crippen LogP contribution in [0.15, 0.2) is 4.99 Å². The van der Waals surface area contributed by atoms with Crippen LogP contribution in [-0.4, -0.2) is 63.3 Å². The molecule has 0 bridgehead atoms. The number of hydrogen-bond acceptors (Lipinski definition) is 3. The molecule has 1 rings (SSSR count). The normalized spacial score (nSPS) is 22.4. The van der Waals surface area contributed by atoms with E-state index in [0.29, 0.717) is 12.6 Å². The van der Waals surface area contributed by atoms with E-state index in [9.17, 15) is 0 Å². The van der Waals surface area contributed by atoms with Crippen LogP contribution in [0.25, 0.3) is 0 Å². The van der Waals surface area contributed by atoms with Crippen molar-refractivity contribution in [2.75, 3.05) is 40.3 Å². The van der Waals surface area contributed by atoms with Crippen LogP contribution in [-0.2, 0) is 4.74 Å². The van der Waals surface area contributed by atoms with Gasteiger partial charge in [-0.15, -0.1) is 0 Å². The molecular weight excluding hydrogens is 264 g/mol. The summed E-state index contributed by atoms with van der Waals surface area (Å²) in [5.74, 6) is 0.893. The minimum Gasteiger partial charge on any atom is -0.379 e. The molecule has 0 aromatic carbocycles. The van der Waals surface area contributed by atoms with Gasteiger partial charge in [0.15, 0.2) is 5.96 Å². The summed E-state index contributed by atoms with van der Waals surface area (Å²) in [6.45, 7) is 12.4. The summed E-state index contributed by atoms with van der Waals surface area (Å²) in [6, 6.07) is 0.620. The standard InChI is InChI=1S/C16H34N4O/c1-7-17-15(18-11-13-9-8-10-20(13)5)19-12-14(21-6)16(2,3)4/h13-14H,7-12H2,1-6H3,(H2,17,18,19). The number of methoxy groups -OCH3 is 1. The van der Waals surface area contributed by atoms with E-state index in [0.717, 1.165) is 19.0 Å². The van der Waals surface area contributed by atoms with Gasteiger partial charge in [-0.25, -0.2) is 0 Å². The molecule has 0 aromatic heterocycles. The van der Waals surface area contributed by atoms with E-state index in [-0.39, 0.29) is 11.5 Å². The summed E-state index contributed by atoms with van der Waals surface area (Å²) in [6.07, 6.45) is 2.69. The molecule has 21 heavy (non-hydrogen) atoms. The van der Waals surface area contributed by atoms with E-state index in [1.54, 1.807) is 7.11 Å². The fraction of sp³-hybridized carbons (Fsp3) is 0.938. The van der Waals surface area contributed by atoms with Gasteiger partial charge in [-0.1, -0.05) is 20.8 Å². The Kier molecular flexibility index (Phi) is 7.46. The molecule has 2 N–H and O–H groups in total. The van der Waals surface area contributed by atoms with Crippen molar-refractivity contribution in [1.29, 1.82) is 0 Å². The van der Waals surface area contributed by atoms with Crippen LogP contribution in [0.5, 0.6) is 0 Å². The van der Waals surface area contributed by atoms with E-state index < -0.39 is 0 Å². The van der Waals surface area contributed by atoms with Gasteiger partial charge in [-0.05, 0) is 38.8 Å². The molecule has 0 saturated carbocycles. The summed E-state index contributed by atoms with van der Waals surface area (Å²) in [5.41, 5.74) is 0.0985. The SMILES string of the molecule is CCNC(=NCC(OC)C(C)(C)C)NCC1CCCN1C. The van der Waals surface area contributed by atoms with Gasteiger partial charge in [0.2, 0.25) is 0 Å². The van der Waals surface area contributed by atoms with Crippen LogP contribution >= 0.6 is 0 Å². The van der Waals surface area contributed by atoms with E-state index >= 15 is 0 Å². The van der Waals surface area contributed by atoms with Crippen molar-refractivity contribution < 1.29 is 4.74 Å². The largest absolute Gasteiger partial charge is 0.379 e. The number of likely N-dealkylation sites (N-methyl/N-ethyl adjacent to an activating group) is 1. The Morgan fingerprint density at radius 3 is 2.57 bits per heavy atom. The third kappa shape index (κ3) is 6.22. The molecular formula is C16H34N4O. The molecule has 124 valence electrons. The number of ether oxygens (including phenoxy) is 1. The molecule has 0 aromatic rings. The highest BCUT2D eigenvalue weighted by molar-refractivity contribution is 5.79. The van der Waals surface area contributed by atoms with Crippen LogP contribution in [0.1, 0.15) is 40.5 Å². The second kappa shape index (κ2) is 8.59. The number of likely N-dealkylation sites (tertiary alicyclic amines) is 1. The molecule has 5 nitrogen and oxygen atoms in total. The quantitative estimate of drug-likeness (QED) is 0.579. The lowest BCUT2D eigenvalue weighted by Crippen LogP contribution is -2.44. The Bertz CT molecular complexity index is 325. The van der Waals surface area contributed by atoms with E-state index in [1.165, 1.54) is 19.4 Å². The Hall–Kier alpha value is -0.810. The first-order chi connectivity index (χ1) is 9.88. The van der Waals surface area contributed by atoms with Crippen molar-refractivity contribution in [3.05, 3.63) is 0 Å². The van der Waals surface area contributed by atoms with Gasteiger partial charge in [0, 0.05) is 26.2 Å². The van der Waals surface area contributed by atoms with E-state index in [1.807, 2.05) is 0 Å². The van der Waals surface area contributed by atoms with Crippen LogP contribution in [0, 0.1) is 5.41 Å². The van der Waals surface area contributed by atoms with Crippen molar-refractivity contribution in [3.63, 3.8) is 0 Å². The third-order valence-corrected chi connectivity index (χ3v) is 4.19. The lowest BCUT2D eigenvalue weighted by Gasteiger charge is -2.28. The highest BCUT2D eigenvalue weighted by Gasteiger charge is 2.24. The van der Waals surface area contributed by atoms with Gasteiger partial charge in [0.25, 0.3) is 0 Å². The van der Waals surface area contributed by atoms with Crippen LogP contribution in [0.2, 0.25) is 0 Å². The monoisotopic (exact) mass is 298 g/mol. The van der Waals surface area contributed by atoms with Crippen molar-refractivity contribution in [3.8, 4) is 0 Å². The van der Waals surface area contributed by atoms with Gasteiger partial charge < -0.3 is 20.3 Å². The number of rotatable bonds is 6. The van der Waals surface area contributed by atoms with Crippen LogP contribution in [0.3, 0.4) is 0 Å². The zero-order chi connectivity index (χ0) is 15.9. The maximum atomic E-state index is 5.57. The molecule has 1 heterocycles. The molecule has 2 atom stereocenters. The fourth-order valence-electron chi connectivity index (χ4n) is 2.67. The Labute approximate surface area is 130 Å².